The maximum absolute atomic E-state index is 11.6. The van der Waals surface area contributed by atoms with Crippen molar-refractivity contribution in [2.75, 3.05) is 46.0 Å². The average molecular weight is 265 g/mol. The highest BCUT2D eigenvalue weighted by atomic mass is 32.2. The SMILES string of the molecule is CCNCCCCS(=O)(=O)NCCCN(C)C. The van der Waals surface area contributed by atoms with Crippen LogP contribution in [-0.4, -0.2) is 59.3 Å². The standard InChI is InChI=1S/C11H27N3O2S/c1-4-12-8-5-6-11-17(15,16)13-9-7-10-14(2)3/h12-13H,4-11H2,1-3H3. The molecule has 2 N–H and O–H groups in total. The van der Waals surface area contributed by atoms with Gasteiger partial charge in [0.2, 0.25) is 10.0 Å². The summed E-state index contributed by atoms with van der Waals surface area (Å²) in [7, 11) is 0.900. The zero-order chi connectivity index (χ0) is 13.1. The highest BCUT2D eigenvalue weighted by molar-refractivity contribution is 7.89. The Kier molecular flexibility index (Phi) is 9.72. The van der Waals surface area contributed by atoms with E-state index in [2.05, 4.69) is 10.0 Å². The van der Waals surface area contributed by atoms with Crippen molar-refractivity contribution in [1.82, 2.24) is 14.9 Å². The maximum Gasteiger partial charge on any atom is 0.211 e. The van der Waals surface area contributed by atoms with Crippen molar-refractivity contribution in [2.45, 2.75) is 26.2 Å². The van der Waals surface area contributed by atoms with Crippen LogP contribution in [0.3, 0.4) is 0 Å². The molecule has 0 heterocycles. The van der Waals surface area contributed by atoms with Crippen LogP contribution >= 0.6 is 0 Å². The summed E-state index contributed by atoms with van der Waals surface area (Å²) in [6.45, 7) is 5.32. The van der Waals surface area contributed by atoms with E-state index < -0.39 is 10.0 Å². The van der Waals surface area contributed by atoms with Crippen molar-refractivity contribution >= 4 is 10.0 Å². The van der Waals surface area contributed by atoms with Gasteiger partial charge in [0.25, 0.3) is 0 Å². The summed E-state index contributed by atoms with van der Waals surface area (Å²) in [5.74, 6) is 0.236. The van der Waals surface area contributed by atoms with Gasteiger partial charge in [-0.2, -0.15) is 0 Å². The summed E-state index contributed by atoms with van der Waals surface area (Å²) in [6, 6.07) is 0. The highest BCUT2D eigenvalue weighted by Crippen LogP contribution is 1.94. The third-order valence-corrected chi connectivity index (χ3v) is 3.84. The van der Waals surface area contributed by atoms with Gasteiger partial charge in [-0.3, -0.25) is 0 Å². The number of nitrogens with one attached hydrogen (secondary N) is 2. The predicted octanol–water partition coefficient (Wildman–Crippen LogP) is 0.247. The molecule has 0 aromatic rings. The molecule has 0 radical (unpaired) electrons. The minimum absolute atomic E-state index is 0.236. The first kappa shape index (κ1) is 16.8. The van der Waals surface area contributed by atoms with Crippen molar-refractivity contribution in [1.29, 1.82) is 0 Å². The number of unbranched alkanes of at least 4 members (excludes halogenated alkanes) is 1. The Morgan fingerprint density at radius 2 is 1.76 bits per heavy atom. The Morgan fingerprint density at radius 3 is 2.35 bits per heavy atom. The molecular weight excluding hydrogens is 238 g/mol. The molecule has 0 aliphatic heterocycles. The first-order valence-electron chi connectivity index (χ1n) is 6.30. The number of hydrogen-bond donors (Lipinski definition) is 2. The molecule has 0 aliphatic rings. The molecule has 0 spiro atoms. The molecular formula is C11H27N3O2S. The van der Waals surface area contributed by atoms with Gasteiger partial charge >= 0.3 is 0 Å². The van der Waals surface area contributed by atoms with E-state index in [0.29, 0.717) is 6.54 Å². The van der Waals surface area contributed by atoms with Gasteiger partial charge in [-0.1, -0.05) is 6.92 Å². The third-order valence-electron chi connectivity index (χ3n) is 2.37. The molecule has 6 heteroatoms. The lowest BCUT2D eigenvalue weighted by atomic mass is 10.3. The predicted molar refractivity (Wildman–Crippen MR) is 72.7 cm³/mol. The molecule has 5 nitrogen and oxygen atoms in total. The van der Waals surface area contributed by atoms with E-state index in [0.717, 1.165) is 38.9 Å². The monoisotopic (exact) mass is 265 g/mol. The van der Waals surface area contributed by atoms with Crippen molar-refractivity contribution in [2.24, 2.45) is 0 Å². The van der Waals surface area contributed by atoms with Crippen molar-refractivity contribution < 1.29 is 8.42 Å². The fourth-order valence-electron chi connectivity index (χ4n) is 1.41. The highest BCUT2D eigenvalue weighted by Gasteiger charge is 2.08. The quantitative estimate of drug-likeness (QED) is 0.526. The Balaban J connectivity index is 3.52. The minimum Gasteiger partial charge on any atom is -0.317 e. The Hall–Kier alpha value is -0.170. The Bertz CT molecular complexity index is 266. The van der Waals surface area contributed by atoms with Crippen LogP contribution in [0.15, 0.2) is 0 Å². The van der Waals surface area contributed by atoms with Gasteiger partial charge in [0.15, 0.2) is 0 Å². The van der Waals surface area contributed by atoms with E-state index in [1.807, 2.05) is 25.9 Å². The third kappa shape index (κ3) is 12.1. The summed E-state index contributed by atoms with van der Waals surface area (Å²) in [5.41, 5.74) is 0. The second kappa shape index (κ2) is 9.82. The van der Waals surface area contributed by atoms with Crippen LogP contribution in [0, 0.1) is 0 Å². The number of hydrogen-bond acceptors (Lipinski definition) is 4. The lowest BCUT2D eigenvalue weighted by Crippen LogP contribution is -2.29. The summed E-state index contributed by atoms with van der Waals surface area (Å²) < 4.78 is 25.8. The molecule has 0 bridgehead atoms. The molecule has 0 unspecified atom stereocenters. The summed E-state index contributed by atoms with van der Waals surface area (Å²) >= 11 is 0. The second-order valence-corrected chi connectivity index (χ2v) is 6.36. The summed E-state index contributed by atoms with van der Waals surface area (Å²) in [6.07, 6.45) is 2.48. The molecule has 0 atom stereocenters. The molecule has 0 rings (SSSR count). The number of sulfonamides is 1. The van der Waals surface area contributed by atoms with Crippen LogP contribution in [0.5, 0.6) is 0 Å². The fourth-order valence-corrected chi connectivity index (χ4v) is 2.60. The van der Waals surface area contributed by atoms with Gasteiger partial charge in [0.05, 0.1) is 5.75 Å². The van der Waals surface area contributed by atoms with E-state index in [4.69, 9.17) is 0 Å². The van der Waals surface area contributed by atoms with Gasteiger partial charge in [0, 0.05) is 6.54 Å². The fraction of sp³-hybridized carbons (Fsp3) is 1.00. The first-order chi connectivity index (χ1) is 7.98. The van der Waals surface area contributed by atoms with Gasteiger partial charge in [-0.05, 0) is 53.0 Å². The topological polar surface area (TPSA) is 61.4 Å². The van der Waals surface area contributed by atoms with Gasteiger partial charge < -0.3 is 10.2 Å². The van der Waals surface area contributed by atoms with E-state index in [9.17, 15) is 8.42 Å². The maximum atomic E-state index is 11.6. The van der Waals surface area contributed by atoms with Gasteiger partial charge in [-0.15, -0.1) is 0 Å². The van der Waals surface area contributed by atoms with Crippen LogP contribution in [0.25, 0.3) is 0 Å². The van der Waals surface area contributed by atoms with Crippen LogP contribution in [0.4, 0.5) is 0 Å². The van der Waals surface area contributed by atoms with E-state index in [1.54, 1.807) is 0 Å². The molecule has 0 fully saturated rings. The van der Waals surface area contributed by atoms with Crippen LogP contribution in [0.1, 0.15) is 26.2 Å². The number of nitrogens with zero attached hydrogens (tertiary/aromatic N) is 1. The zero-order valence-electron chi connectivity index (χ0n) is 11.3. The Labute approximate surface area is 106 Å². The lowest BCUT2D eigenvalue weighted by Gasteiger charge is -2.10. The zero-order valence-corrected chi connectivity index (χ0v) is 12.1. The van der Waals surface area contributed by atoms with Gasteiger partial charge in [0.1, 0.15) is 0 Å². The van der Waals surface area contributed by atoms with Crippen LogP contribution < -0.4 is 10.0 Å². The smallest absolute Gasteiger partial charge is 0.211 e. The van der Waals surface area contributed by atoms with E-state index in [-0.39, 0.29) is 5.75 Å². The van der Waals surface area contributed by atoms with Crippen molar-refractivity contribution in [3.8, 4) is 0 Å². The van der Waals surface area contributed by atoms with Gasteiger partial charge in [-0.25, -0.2) is 13.1 Å². The molecule has 104 valence electrons. The molecule has 0 saturated heterocycles. The average Bonchev–Trinajstić information content (AvgIpc) is 2.24. The number of rotatable bonds is 11. The summed E-state index contributed by atoms with van der Waals surface area (Å²) in [4.78, 5) is 2.05. The molecule has 17 heavy (non-hydrogen) atoms. The largest absolute Gasteiger partial charge is 0.317 e. The lowest BCUT2D eigenvalue weighted by molar-refractivity contribution is 0.400. The second-order valence-electron chi connectivity index (χ2n) is 4.43. The van der Waals surface area contributed by atoms with Crippen LogP contribution in [-0.2, 0) is 10.0 Å². The van der Waals surface area contributed by atoms with Crippen LogP contribution in [0.2, 0.25) is 0 Å². The molecule has 0 aromatic carbocycles. The van der Waals surface area contributed by atoms with E-state index in [1.165, 1.54) is 0 Å². The van der Waals surface area contributed by atoms with E-state index >= 15 is 0 Å². The first-order valence-corrected chi connectivity index (χ1v) is 7.96. The van der Waals surface area contributed by atoms with Crippen molar-refractivity contribution in [3.05, 3.63) is 0 Å². The Morgan fingerprint density at radius 1 is 1.06 bits per heavy atom. The molecule has 0 saturated carbocycles. The molecule has 0 aromatic heterocycles. The van der Waals surface area contributed by atoms with Crippen molar-refractivity contribution in [3.63, 3.8) is 0 Å². The molecule has 0 aliphatic carbocycles. The molecule has 0 amide bonds. The normalized spacial score (nSPS) is 12.2. The summed E-state index contributed by atoms with van der Waals surface area (Å²) in [5, 5.41) is 3.18. The minimum atomic E-state index is -3.06.